The van der Waals surface area contributed by atoms with E-state index in [1.807, 2.05) is 0 Å². The Morgan fingerprint density at radius 1 is 1.47 bits per heavy atom. The Balaban J connectivity index is 2.90. The number of nitrogen functional groups attached to an aromatic ring is 1. The van der Waals surface area contributed by atoms with Gasteiger partial charge >= 0.3 is 0 Å². The van der Waals surface area contributed by atoms with Gasteiger partial charge in [0.2, 0.25) is 10.0 Å². The van der Waals surface area contributed by atoms with E-state index in [0.717, 1.165) is 12.1 Å². The van der Waals surface area contributed by atoms with Crippen LogP contribution in [-0.2, 0) is 10.0 Å². The molecule has 4 N–H and O–H groups in total. The van der Waals surface area contributed by atoms with Gasteiger partial charge in [-0.15, -0.1) is 6.58 Å². The second kappa shape index (κ2) is 5.70. The quantitative estimate of drug-likeness (QED) is 0.404. The van der Waals surface area contributed by atoms with Crippen molar-refractivity contribution >= 4 is 21.4 Å². The normalized spacial score (nSPS) is 11.1. The SMILES string of the molecule is C=CCCNc1ccc(S(=O)(=O)NC)cc1N. The van der Waals surface area contributed by atoms with Crippen LogP contribution >= 0.6 is 0 Å². The van der Waals surface area contributed by atoms with Gasteiger partial charge in [0.1, 0.15) is 0 Å². The minimum Gasteiger partial charge on any atom is -0.397 e. The van der Waals surface area contributed by atoms with E-state index >= 15 is 0 Å². The van der Waals surface area contributed by atoms with Crippen molar-refractivity contribution < 1.29 is 8.42 Å². The van der Waals surface area contributed by atoms with Crippen molar-refractivity contribution in [1.29, 1.82) is 0 Å². The maximum Gasteiger partial charge on any atom is 0.240 e. The average Bonchev–Trinajstić information content (AvgIpc) is 2.31. The summed E-state index contributed by atoms with van der Waals surface area (Å²) in [5, 5.41) is 3.10. The molecule has 1 aromatic carbocycles. The predicted octanol–water partition coefficient (Wildman–Crippen LogP) is 1.16. The molecule has 0 saturated carbocycles. The standard InChI is InChI=1S/C11H17N3O2S/c1-3-4-7-14-11-6-5-9(8-10(11)12)17(15,16)13-2/h3,5-6,8,13-14H,1,4,7,12H2,2H3. The third-order valence-electron chi connectivity index (χ3n) is 2.27. The first-order chi connectivity index (χ1) is 8.01. The monoisotopic (exact) mass is 255 g/mol. The molecule has 94 valence electrons. The van der Waals surface area contributed by atoms with E-state index < -0.39 is 10.0 Å². The summed E-state index contributed by atoms with van der Waals surface area (Å²) in [6.07, 6.45) is 2.61. The Kier molecular flexibility index (Phi) is 4.53. The van der Waals surface area contributed by atoms with Crippen LogP contribution in [0.4, 0.5) is 11.4 Å². The number of anilines is 2. The van der Waals surface area contributed by atoms with Gasteiger partial charge in [-0.3, -0.25) is 0 Å². The molecule has 0 unspecified atom stereocenters. The molecular weight excluding hydrogens is 238 g/mol. The summed E-state index contributed by atoms with van der Waals surface area (Å²) in [6.45, 7) is 4.33. The van der Waals surface area contributed by atoms with Crippen LogP contribution in [0.5, 0.6) is 0 Å². The highest BCUT2D eigenvalue weighted by atomic mass is 32.2. The molecule has 0 aromatic heterocycles. The Morgan fingerprint density at radius 2 is 2.18 bits per heavy atom. The van der Waals surface area contributed by atoms with Crippen LogP contribution in [-0.4, -0.2) is 22.0 Å². The number of sulfonamides is 1. The van der Waals surface area contributed by atoms with E-state index in [0.29, 0.717) is 12.2 Å². The van der Waals surface area contributed by atoms with Gasteiger partial charge in [-0.25, -0.2) is 13.1 Å². The van der Waals surface area contributed by atoms with Crippen molar-refractivity contribution in [3.63, 3.8) is 0 Å². The van der Waals surface area contributed by atoms with Crippen molar-refractivity contribution in [2.75, 3.05) is 24.6 Å². The summed E-state index contributed by atoms with van der Waals surface area (Å²) in [6, 6.07) is 4.60. The fourth-order valence-electron chi connectivity index (χ4n) is 1.30. The molecule has 0 atom stereocenters. The van der Waals surface area contributed by atoms with Crippen LogP contribution in [0.2, 0.25) is 0 Å². The van der Waals surface area contributed by atoms with Gasteiger partial charge in [0.05, 0.1) is 16.3 Å². The summed E-state index contributed by atoms with van der Waals surface area (Å²) in [5.41, 5.74) is 6.91. The number of rotatable bonds is 6. The lowest BCUT2D eigenvalue weighted by Crippen LogP contribution is -2.18. The van der Waals surface area contributed by atoms with Crippen LogP contribution in [0.1, 0.15) is 6.42 Å². The smallest absolute Gasteiger partial charge is 0.240 e. The number of hydrogen-bond acceptors (Lipinski definition) is 4. The van der Waals surface area contributed by atoms with Gasteiger partial charge < -0.3 is 11.1 Å². The fraction of sp³-hybridized carbons (Fsp3) is 0.273. The molecule has 0 aliphatic rings. The molecule has 0 radical (unpaired) electrons. The second-order valence-corrected chi connectivity index (χ2v) is 5.35. The van der Waals surface area contributed by atoms with E-state index in [-0.39, 0.29) is 4.90 Å². The van der Waals surface area contributed by atoms with Crippen molar-refractivity contribution in [1.82, 2.24) is 4.72 Å². The molecule has 1 rings (SSSR count). The zero-order valence-electron chi connectivity index (χ0n) is 9.73. The first-order valence-corrected chi connectivity index (χ1v) is 6.67. The third-order valence-corrected chi connectivity index (χ3v) is 3.68. The Hall–Kier alpha value is -1.53. The summed E-state index contributed by atoms with van der Waals surface area (Å²) in [4.78, 5) is 0.159. The molecule has 0 bridgehead atoms. The van der Waals surface area contributed by atoms with E-state index in [9.17, 15) is 8.42 Å². The number of nitrogens with one attached hydrogen (secondary N) is 2. The topological polar surface area (TPSA) is 84.2 Å². The highest BCUT2D eigenvalue weighted by molar-refractivity contribution is 7.89. The largest absolute Gasteiger partial charge is 0.397 e. The Bertz CT molecular complexity index is 497. The maximum atomic E-state index is 11.5. The molecule has 17 heavy (non-hydrogen) atoms. The van der Waals surface area contributed by atoms with Crippen LogP contribution in [0, 0.1) is 0 Å². The minimum absolute atomic E-state index is 0.159. The van der Waals surface area contributed by atoms with Gasteiger partial charge in [-0.05, 0) is 31.7 Å². The molecule has 1 aromatic rings. The zero-order chi connectivity index (χ0) is 12.9. The molecule has 0 saturated heterocycles. The molecule has 0 spiro atoms. The number of hydrogen-bond donors (Lipinski definition) is 3. The predicted molar refractivity (Wildman–Crippen MR) is 70.4 cm³/mol. The van der Waals surface area contributed by atoms with Crippen molar-refractivity contribution in [2.45, 2.75) is 11.3 Å². The molecule has 0 heterocycles. The number of nitrogens with two attached hydrogens (primary N) is 1. The lowest BCUT2D eigenvalue weighted by atomic mass is 10.2. The van der Waals surface area contributed by atoms with E-state index in [2.05, 4.69) is 16.6 Å². The van der Waals surface area contributed by atoms with Gasteiger partial charge in [-0.1, -0.05) is 6.08 Å². The van der Waals surface area contributed by atoms with Gasteiger partial charge in [0.15, 0.2) is 0 Å². The molecular formula is C11H17N3O2S. The highest BCUT2D eigenvalue weighted by Crippen LogP contribution is 2.22. The third kappa shape index (κ3) is 3.47. The highest BCUT2D eigenvalue weighted by Gasteiger charge is 2.12. The molecule has 5 nitrogen and oxygen atoms in total. The van der Waals surface area contributed by atoms with E-state index in [1.165, 1.54) is 19.2 Å². The number of benzene rings is 1. The summed E-state index contributed by atoms with van der Waals surface area (Å²) in [5.74, 6) is 0. The molecule has 0 aliphatic heterocycles. The first-order valence-electron chi connectivity index (χ1n) is 5.19. The van der Waals surface area contributed by atoms with E-state index in [4.69, 9.17) is 5.73 Å². The molecule has 0 fully saturated rings. The minimum atomic E-state index is -3.44. The van der Waals surface area contributed by atoms with Crippen LogP contribution in [0.25, 0.3) is 0 Å². The van der Waals surface area contributed by atoms with Gasteiger partial charge in [0.25, 0.3) is 0 Å². The molecule has 6 heteroatoms. The first kappa shape index (κ1) is 13.5. The fourth-order valence-corrected chi connectivity index (χ4v) is 2.06. The lowest BCUT2D eigenvalue weighted by Gasteiger charge is -2.10. The van der Waals surface area contributed by atoms with Crippen molar-refractivity contribution in [2.24, 2.45) is 0 Å². The molecule has 0 aliphatic carbocycles. The Morgan fingerprint density at radius 3 is 2.71 bits per heavy atom. The van der Waals surface area contributed by atoms with Crippen LogP contribution in [0.15, 0.2) is 35.7 Å². The average molecular weight is 255 g/mol. The second-order valence-electron chi connectivity index (χ2n) is 3.46. The zero-order valence-corrected chi connectivity index (χ0v) is 10.5. The van der Waals surface area contributed by atoms with Gasteiger partial charge in [-0.2, -0.15) is 0 Å². The van der Waals surface area contributed by atoms with Gasteiger partial charge in [0, 0.05) is 6.54 Å². The maximum absolute atomic E-state index is 11.5. The molecule has 0 amide bonds. The van der Waals surface area contributed by atoms with E-state index in [1.54, 1.807) is 12.1 Å². The van der Waals surface area contributed by atoms with Crippen LogP contribution in [0.3, 0.4) is 0 Å². The van der Waals surface area contributed by atoms with Crippen molar-refractivity contribution in [3.8, 4) is 0 Å². The van der Waals surface area contributed by atoms with Crippen LogP contribution < -0.4 is 15.8 Å². The summed E-state index contributed by atoms with van der Waals surface area (Å²) in [7, 11) is -2.07. The Labute approximate surface area is 102 Å². The summed E-state index contributed by atoms with van der Waals surface area (Å²) < 4.78 is 25.3. The lowest BCUT2D eigenvalue weighted by molar-refractivity contribution is 0.588. The summed E-state index contributed by atoms with van der Waals surface area (Å²) >= 11 is 0. The van der Waals surface area contributed by atoms with Crippen molar-refractivity contribution in [3.05, 3.63) is 30.9 Å².